The van der Waals surface area contributed by atoms with E-state index in [1.165, 1.54) is 12.5 Å². The summed E-state index contributed by atoms with van der Waals surface area (Å²) in [5.74, 6) is -0.778. The second-order valence-electron chi connectivity index (χ2n) is 6.23. The van der Waals surface area contributed by atoms with Gasteiger partial charge in [-0.3, -0.25) is 4.57 Å². The molecule has 0 radical (unpaired) electrons. The van der Waals surface area contributed by atoms with Crippen molar-refractivity contribution < 1.29 is 13.5 Å². The molecule has 0 N–H and O–H groups in total. The number of hydrogen-bond donors (Lipinski definition) is 0. The average molecular weight is 333 g/mol. The predicted octanol–water partition coefficient (Wildman–Crippen LogP) is 2.47. The van der Waals surface area contributed by atoms with E-state index in [9.17, 15) is 13.6 Å². The smallest absolute Gasteiger partial charge is 0.352 e. The van der Waals surface area contributed by atoms with Crippen LogP contribution in [0.2, 0.25) is 0 Å². The van der Waals surface area contributed by atoms with Gasteiger partial charge in [-0.15, -0.1) is 0 Å². The van der Waals surface area contributed by atoms with E-state index in [2.05, 4.69) is 9.88 Å². The van der Waals surface area contributed by atoms with Crippen LogP contribution < -0.4 is 15.3 Å². The lowest BCUT2D eigenvalue weighted by atomic mass is 10.0. The molecule has 0 saturated carbocycles. The van der Waals surface area contributed by atoms with Gasteiger partial charge in [0.05, 0.1) is 0 Å². The fourth-order valence-corrected chi connectivity index (χ4v) is 3.45. The number of aromatic nitrogens is 2. The highest BCUT2D eigenvalue weighted by molar-refractivity contribution is 5.47. The summed E-state index contributed by atoms with van der Waals surface area (Å²) < 4.78 is 33.4. The van der Waals surface area contributed by atoms with Gasteiger partial charge in [-0.05, 0) is 37.0 Å². The van der Waals surface area contributed by atoms with Gasteiger partial charge in [-0.2, -0.15) is 4.98 Å². The van der Waals surface area contributed by atoms with Crippen molar-refractivity contribution in [2.75, 3.05) is 11.4 Å². The van der Waals surface area contributed by atoms with Crippen LogP contribution >= 0.6 is 0 Å². The standard InChI is InChI=1S/C17H17F2N3O2/c18-13-5-4-11(7-14(13)19)10-24-15-8-16-21-6-2-1-3-12(21)9-22(16)17(23)20-15/h4-5,7-8,12H,1-3,6,9-10H2/t12-/m0/s1. The van der Waals surface area contributed by atoms with Crippen molar-refractivity contribution in [3.05, 3.63) is 51.9 Å². The van der Waals surface area contributed by atoms with Gasteiger partial charge in [-0.25, -0.2) is 13.6 Å². The number of fused-ring (bicyclic) bond motifs is 3. The van der Waals surface area contributed by atoms with Crippen molar-refractivity contribution >= 4 is 5.82 Å². The van der Waals surface area contributed by atoms with Gasteiger partial charge in [0.1, 0.15) is 12.4 Å². The zero-order chi connectivity index (χ0) is 16.7. The molecule has 0 bridgehead atoms. The van der Waals surface area contributed by atoms with Gasteiger partial charge in [0.15, 0.2) is 11.6 Å². The zero-order valence-electron chi connectivity index (χ0n) is 13.0. The van der Waals surface area contributed by atoms with Crippen LogP contribution in [0.15, 0.2) is 29.1 Å². The van der Waals surface area contributed by atoms with E-state index in [1.54, 1.807) is 10.6 Å². The predicted molar refractivity (Wildman–Crippen MR) is 84.2 cm³/mol. The molecule has 24 heavy (non-hydrogen) atoms. The molecule has 0 aliphatic carbocycles. The fraction of sp³-hybridized carbons (Fsp3) is 0.412. The highest BCUT2D eigenvalue weighted by Crippen LogP contribution is 2.32. The average Bonchev–Trinajstić information content (AvgIpc) is 2.95. The molecule has 2 aliphatic rings. The highest BCUT2D eigenvalue weighted by atomic mass is 19.2. The van der Waals surface area contributed by atoms with E-state index in [0.717, 1.165) is 37.3 Å². The third-order valence-corrected chi connectivity index (χ3v) is 4.65. The lowest BCUT2D eigenvalue weighted by Gasteiger charge is -2.30. The normalized spacial score (nSPS) is 19.1. The van der Waals surface area contributed by atoms with Gasteiger partial charge < -0.3 is 9.64 Å². The van der Waals surface area contributed by atoms with Crippen molar-refractivity contribution in [1.29, 1.82) is 0 Å². The molecule has 4 rings (SSSR count). The molecule has 1 atom stereocenters. The molecule has 126 valence electrons. The summed E-state index contributed by atoms with van der Waals surface area (Å²) in [6, 6.07) is 5.69. The number of anilines is 1. The molecule has 1 aromatic heterocycles. The number of ether oxygens (including phenoxy) is 1. The maximum Gasteiger partial charge on any atom is 0.352 e. The van der Waals surface area contributed by atoms with E-state index in [1.807, 2.05) is 0 Å². The van der Waals surface area contributed by atoms with Gasteiger partial charge >= 0.3 is 5.69 Å². The Balaban J connectivity index is 1.56. The van der Waals surface area contributed by atoms with Crippen LogP contribution in [0.3, 0.4) is 0 Å². The molecule has 1 fully saturated rings. The van der Waals surface area contributed by atoms with Crippen LogP contribution in [0.1, 0.15) is 24.8 Å². The van der Waals surface area contributed by atoms with Crippen molar-refractivity contribution in [3.8, 4) is 5.88 Å². The van der Waals surface area contributed by atoms with Gasteiger partial charge in [0.25, 0.3) is 0 Å². The van der Waals surface area contributed by atoms with E-state index in [0.29, 0.717) is 18.2 Å². The summed E-state index contributed by atoms with van der Waals surface area (Å²) in [5.41, 5.74) is 0.148. The minimum atomic E-state index is -0.922. The summed E-state index contributed by atoms with van der Waals surface area (Å²) in [5, 5.41) is 0. The Morgan fingerprint density at radius 2 is 2.08 bits per heavy atom. The lowest BCUT2D eigenvalue weighted by Crippen LogP contribution is -2.36. The lowest BCUT2D eigenvalue weighted by molar-refractivity contribution is 0.290. The molecule has 1 aromatic carbocycles. The molecule has 2 aromatic rings. The minimum absolute atomic E-state index is 0.0243. The Morgan fingerprint density at radius 1 is 1.21 bits per heavy atom. The summed E-state index contributed by atoms with van der Waals surface area (Å²) >= 11 is 0. The molecule has 0 spiro atoms. The van der Waals surface area contributed by atoms with Crippen LogP contribution in [0, 0.1) is 11.6 Å². The first kappa shape index (κ1) is 15.1. The van der Waals surface area contributed by atoms with Crippen molar-refractivity contribution in [2.24, 2.45) is 0 Å². The fourth-order valence-electron chi connectivity index (χ4n) is 3.45. The zero-order valence-corrected chi connectivity index (χ0v) is 13.0. The second-order valence-corrected chi connectivity index (χ2v) is 6.23. The number of halogens is 2. The van der Waals surface area contributed by atoms with Crippen LogP contribution in [-0.4, -0.2) is 22.1 Å². The first-order valence-corrected chi connectivity index (χ1v) is 8.07. The maximum atomic E-state index is 13.2. The topological polar surface area (TPSA) is 47.4 Å². The Labute approximate surface area is 137 Å². The highest BCUT2D eigenvalue weighted by Gasteiger charge is 2.32. The molecule has 0 amide bonds. The summed E-state index contributed by atoms with van der Waals surface area (Å²) in [6.07, 6.45) is 3.36. The molecule has 5 nitrogen and oxygen atoms in total. The van der Waals surface area contributed by atoms with E-state index >= 15 is 0 Å². The Bertz CT molecular complexity index is 837. The largest absolute Gasteiger partial charge is 0.473 e. The molecule has 2 aliphatic heterocycles. The monoisotopic (exact) mass is 333 g/mol. The number of hydrogen-bond acceptors (Lipinski definition) is 4. The minimum Gasteiger partial charge on any atom is -0.473 e. The Morgan fingerprint density at radius 3 is 2.92 bits per heavy atom. The summed E-state index contributed by atoms with van der Waals surface area (Å²) in [6.45, 7) is 1.62. The molecular weight excluding hydrogens is 316 g/mol. The van der Waals surface area contributed by atoms with Gasteiger partial charge in [-0.1, -0.05) is 6.07 Å². The third-order valence-electron chi connectivity index (χ3n) is 4.65. The van der Waals surface area contributed by atoms with Crippen molar-refractivity contribution in [2.45, 2.75) is 38.5 Å². The van der Waals surface area contributed by atoms with Crippen LogP contribution in [0.5, 0.6) is 5.88 Å². The summed E-state index contributed by atoms with van der Waals surface area (Å²) in [7, 11) is 0. The number of piperidine rings is 1. The first-order valence-electron chi connectivity index (χ1n) is 8.07. The van der Waals surface area contributed by atoms with E-state index in [-0.39, 0.29) is 18.2 Å². The number of benzene rings is 1. The van der Waals surface area contributed by atoms with E-state index < -0.39 is 11.6 Å². The maximum absolute atomic E-state index is 13.2. The molecular formula is C17H17F2N3O2. The van der Waals surface area contributed by atoms with Crippen LogP contribution in [0.4, 0.5) is 14.6 Å². The number of nitrogens with zero attached hydrogens (tertiary/aromatic N) is 3. The Kier molecular flexibility index (Phi) is 3.70. The Hall–Kier alpha value is -2.44. The molecule has 3 heterocycles. The third kappa shape index (κ3) is 2.64. The SMILES string of the molecule is O=c1nc(OCc2ccc(F)c(F)c2)cc2n1C[C@@H]1CCCCN21. The molecule has 0 unspecified atom stereocenters. The van der Waals surface area contributed by atoms with Gasteiger partial charge in [0, 0.05) is 25.2 Å². The molecule has 1 saturated heterocycles. The van der Waals surface area contributed by atoms with Crippen molar-refractivity contribution in [1.82, 2.24) is 9.55 Å². The second kappa shape index (κ2) is 5.89. The van der Waals surface area contributed by atoms with Crippen LogP contribution in [-0.2, 0) is 13.2 Å². The number of rotatable bonds is 3. The van der Waals surface area contributed by atoms with Crippen molar-refractivity contribution in [3.63, 3.8) is 0 Å². The molecule has 7 heteroatoms. The van der Waals surface area contributed by atoms with Gasteiger partial charge in [0.2, 0.25) is 5.88 Å². The summed E-state index contributed by atoms with van der Waals surface area (Å²) in [4.78, 5) is 18.4. The van der Waals surface area contributed by atoms with E-state index in [4.69, 9.17) is 4.74 Å². The first-order chi connectivity index (χ1) is 11.6. The quantitative estimate of drug-likeness (QED) is 0.866. The van der Waals surface area contributed by atoms with Crippen LogP contribution in [0.25, 0.3) is 0 Å².